The van der Waals surface area contributed by atoms with Crippen molar-refractivity contribution in [3.05, 3.63) is 71.8 Å². The van der Waals surface area contributed by atoms with E-state index in [4.69, 9.17) is 0 Å². The van der Waals surface area contributed by atoms with Gasteiger partial charge in [-0.3, -0.25) is 4.79 Å². The van der Waals surface area contributed by atoms with Gasteiger partial charge in [-0.15, -0.1) is 0 Å². The molecule has 0 amide bonds. The maximum absolute atomic E-state index is 12.6. The van der Waals surface area contributed by atoms with Gasteiger partial charge < -0.3 is 0 Å². The molecule has 2 aromatic rings. The summed E-state index contributed by atoms with van der Waals surface area (Å²) in [7, 11) is 0. The molecule has 1 unspecified atom stereocenters. The van der Waals surface area contributed by atoms with Crippen LogP contribution in [-0.2, 0) is 0 Å². The lowest BCUT2D eigenvalue weighted by molar-refractivity contribution is 0.0955. The molecule has 0 aliphatic heterocycles. The molecule has 2 heteroatoms. The Morgan fingerprint density at radius 2 is 1.53 bits per heavy atom. The summed E-state index contributed by atoms with van der Waals surface area (Å²) in [5, 5.41) is 0. The van der Waals surface area contributed by atoms with Crippen LogP contribution in [0, 0.1) is 0 Å². The highest BCUT2D eigenvalue weighted by Gasteiger charge is 2.21. The van der Waals surface area contributed by atoms with Gasteiger partial charge in [0.1, 0.15) is 0 Å². The van der Waals surface area contributed by atoms with E-state index in [0.717, 1.165) is 28.4 Å². The average Bonchev–Trinajstić information content (AvgIpc) is 2.49. The summed E-state index contributed by atoms with van der Waals surface area (Å²) >= 11 is 2.37. The topological polar surface area (TPSA) is 17.1 Å². The van der Waals surface area contributed by atoms with Gasteiger partial charge in [0.2, 0.25) is 0 Å². The number of Topliss-reactive ketones (excluding diaryl/α,β-unsaturated/α-hetero) is 1. The molecule has 0 aromatic heterocycles. The second kappa shape index (κ2) is 7.43. The van der Waals surface area contributed by atoms with E-state index in [2.05, 4.69) is 34.7 Å². The number of halogens is 1. The standard InChI is InChI=1S/C17H17IO/c18-13-7-12-16(14-8-3-1-4-9-14)17(19)15-10-5-2-6-11-15/h1-6,8-11,16H,7,12-13H2. The molecule has 0 aliphatic carbocycles. The number of hydrogen-bond donors (Lipinski definition) is 0. The van der Waals surface area contributed by atoms with E-state index in [-0.39, 0.29) is 11.7 Å². The first-order valence-corrected chi connectivity index (χ1v) is 8.05. The maximum atomic E-state index is 12.6. The van der Waals surface area contributed by atoms with Gasteiger partial charge in [-0.05, 0) is 22.8 Å². The summed E-state index contributed by atoms with van der Waals surface area (Å²) in [4.78, 5) is 12.6. The minimum atomic E-state index is -0.0154. The Morgan fingerprint density at radius 3 is 2.11 bits per heavy atom. The number of carbonyl (C=O) groups is 1. The van der Waals surface area contributed by atoms with E-state index >= 15 is 0 Å². The monoisotopic (exact) mass is 364 g/mol. The van der Waals surface area contributed by atoms with E-state index < -0.39 is 0 Å². The Hall–Kier alpha value is -1.16. The first kappa shape index (κ1) is 14.3. The number of ketones is 1. The van der Waals surface area contributed by atoms with Crippen molar-refractivity contribution < 1.29 is 4.79 Å². The molecule has 2 aromatic carbocycles. The van der Waals surface area contributed by atoms with Crippen LogP contribution in [0.5, 0.6) is 0 Å². The van der Waals surface area contributed by atoms with Crippen LogP contribution in [0.3, 0.4) is 0 Å². The SMILES string of the molecule is O=C(c1ccccc1)C(CCCI)c1ccccc1. The Balaban J connectivity index is 2.25. The van der Waals surface area contributed by atoms with Crippen molar-refractivity contribution in [2.75, 3.05) is 4.43 Å². The normalized spacial score (nSPS) is 12.1. The Morgan fingerprint density at radius 1 is 0.947 bits per heavy atom. The summed E-state index contributed by atoms with van der Waals surface area (Å²) in [6.07, 6.45) is 1.99. The number of benzene rings is 2. The van der Waals surface area contributed by atoms with Crippen molar-refractivity contribution in [3.63, 3.8) is 0 Å². The molecule has 0 radical (unpaired) electrons. The van der Waals surface area contributed by atoms with Gasteiger partial charge in [0, 0.05) is 11.5 Å². The summed E-state index contributed by atoms with van der Waals surface area (Å²) in [6.45, 7) is 0. The predicted octanol–water partition coefficient (Wildman–Crippen LogP) is 4.87. The maximum Gasteiger partial charge on any atom is 0.170 e. The zero-order valence-electron chi connectivity index (χ0n) is 10.8. The molecule has 0 aliphatic rings. The number of carbonyl (C=O) groups excluding carboxylic acids is 1. The van der Waals surface area contributed by atoms with Crippen LogP contribution in [0.25, 0.3) is 0 Å². The second-order valence-corrected chi connectivity index (χ2v) is 5.60. The number of hydrogen-bond acceptors (Lipinski definition) is 1. The average molecular weight is 364 g/mol. The smallest absolute Gasteiger partial charge is 0.170 e. The fourth-order valence-corrected chi connectivity index (χ4v) is 2.66. The molecule has 98 valence electrons. The fraction of sp³-hybridized carbons (Fsp3) is 0.235. The first-order valence-electron chi connectivity index (χ1n) is 6.53. The lowest BCUT2D eigenvalue weighted by Crippen LogP contribution is -2.13. The van der Waals surface area contributed by atoms with Crippen LogP contribution in [-0.4, -0.2) is 10.2 Å². The van der Waals surface area contributed by atoms with Gasteiger partial charge >= 0.3 is 0 Å². The van der Waals surface area contributed by atoms with Gasteiger partial charge in [0.05, 0.1) is 0 Å². The van der Waals surface area contributed by atoms with Crippen LogP contribution >= 0.6 is 22.6 Å². The van der Waals surface area contributed by atoms with Crippen molar-refractivity contribution in [2.24, 2.45) is 0 Å². The predicted molar refractivity (Wildman–Crippen MR) is 88.1 cm³/mol. The van der Waals surface area contributed by atoms with Gasteiger partial charge in [0.15, 0.2) is 5.78 Å². The molecule has 0 spiro atoms. The zero-order chi connectivity index (χ0) is 13.5. The molecule has 0 N–H and O–H groups in total. The fourth-order valence-electron chi connectivity index (χ4n) is 2.22. The summed E-state index contributed by atoms with van der Waals surface area (Å²) < 4.78 is 1.09. The van der Waals surface area contributed by atoms with Gasteiger partial charge in [-0.1, -0.05) is 83.3 Å². The molecular weight excluding hydrogens is 347 g/mol. The Kier molecular flexibility index (Phi) is 5.58. The zero-order valence-corrected chi connectivity index (χ0v) is 12.9. The van der Waals surface area contributed by atoms with Crippen LogP contribution in [0.1, 0.15) is 34.7 Å². The van der Waals surface area contributed by atoms with E-state index in [1.54, 1.807) is 0 Å². The molecule has 0 saturated heterocycles. The molecule has 0 saturated carbocycles. The van der Waals surface area contributed by atoms with Crippen LogP contribution in [0.15, 0.2) is 60.7 Å². The van der Waals surface area contributed by atoms with E-state index in [9.17, 15) is 4.79 Å². The lowest BCUT2D eigenvalue weighted by atomic mass is 9.87. The quantitative estimate of drug-likeness (QED) is 0.406. The highest BCUT2D eigenvalue weighted by molar-refractivity contribution is 14.1. The molecule has 0 heterocycles. The van der Waals surface area contributed by atoms with Gasteiger partial charge in [0.25, 0.3) is 0 Å². The number of rotatable bonds is 6. The highest BCUT2D eigenvalue weighted by atomic mass is 127. The Bertz CT molecular complexity index is 507. The molecular formula is C17H17IO. The Labute approximate surface area is 128 Å². The largest absolute Gasteiger partial charge is 0.293 e. The third-order valence-corrected chi connectivity index (χ3v) is 3.97. The highest BCUT2D eigenvalue weighted by Crippen LogP contribution is 2.26. The van der Waals surface area contributed by atoms with Crippen LogP contribution in [0.2, 0.25) is 0 Å². The molecule has 1 nitrogen and oxygen atoms in total. The van der Waals surface area contributed by atoms with Crippen LogP contribution < -0.4 is 0 Å². The molecule has 0 fully saturated rings. The molecule has 2 rings (SSSR count). The molecule has 19 heavy (non-hydrogen) atoms. The van der Waals surface area contributed by atoms with E-state index in [1.807, 2.05) is 48.5 Å². The van der Waals surface area contributed by atoms with Crippen molar-refractivity contribution in [3.8, 4) is 0 Å². The number of alkyl halides is 1. The minimum Gasteiger partial charge on any atom is -0.293 e. The third-order valence-electron chi connectivity index (χ3n) is 3.20. The van der Waals surface area contributed by atoms with Crippen molar-refractivity contribution in [2.45, 2.75) is 18.8 Å². The first-order chi connectivity index (χ1) is 9.33. The van der Waals surface area contributed by atoms with Crippen molar-refractivity contribution in [1.82, 2.24) is 0 Å². The van der Waals surface area contributed by atoms with Crippen molar-refractivity contribution >= 4 is 28.4 Å². The van der Waals surface area contributed by atoms with E-state index in [0.29, 0.717) is 0 Å². The molecule has 0 bridgehead atoms. The van der Waals surface area contributed by atoms with Crippen molar-refractivity contribution in [1.29, 1.82) is 0 Å². The summed E-state index contributed by atoms with van der Waals surface area (Å²) in [5.74, 6) is 0.218. The summed E-state index contributed by atoms with van der Waals surface area (Å²) in [5.41, 5.74) is 1.94. The lowest BCUT2D eigenvalue weighted by Gasteiger charge is -2.16. The van der Waals surface area contributed by atoms with Crippen LogP contribution in [0.4, 0.5) is 0 Å². The summed E-state index contributed by atoms with van der Waals surface area (Å²) in [6, 6.07) is 19.7. The second-order valence-electron chi connectivity index (χ2n) is 4.52. The molecule has 1 atom stereocenters. The van der Waals surface area contributed by atoms with E-state index in [1.165, 1.54) is 0 Å². The van der Waals surface area contributed by atoms with Gasteiger partial charge in [-0.25, -0.2) is 0 Å². The minimum absolute atomic E-state index is 0.0154. The third kappa shape index (κ3) is 3.90. The van der Waals surface area contributed by atoms with Gasteiger partial charge in [-0.2, -0.15) is 0 Å².